The van der Waals surface area contributed by atoms with Crippen molar-refractivity contribution in [1.29, 1.82) is 0 Å². The lowest BCUT2D eigenvalue weighted by Crippen LogP contribution is -2.38. The number of hydrogen-bond donors (Lipinski definition) is 3. The largest absolute Gasteiger partial charge is 0.484 e. The van der Waals surface area contributed by atoms with Crippen LogP contribution in [-0.2, 0) is 4.79 Å². The molecule has 0 aromatic heterocycles. The molecule has 1 rings (SSSR count). The van der Waals surface area contributed by atoms with Crippen LogP contribution in [0, 0.1) is 0 Å². The van der Waals surface area contributed by atoms with Gasteiger partial charge in [-0.3, -0.25) is 9.59 Å². The second kappa shape index (κ2) is 6.19. The van der Waals surface area contributed by atoms with E-state index in [-0.39, 0.29) is 19.1 Å². The van der Waals surface area contributed by atoms with Crippen molar-refractivity contribution in [2.75, 3.05) is 13.2 Å². The molecule has 4 N–H and O–H groups in total. The third-order valence-corrected chi connectivity index (χ3v) is 2.18. The van der Waals surface area contributed by atoms with Crippen molar-refractivity contribution in [3.05, 3.63) is 29.8 Å². The fourth-order valence-electron chi connectivity index (χ4n) is 1.26. The molecular formula is C13H18N2O4. The summed E-state index contributed by atoms with van der Waals surface area (Å²) in [6.07, 6.45) is 0. The molecule has 6 heteroatoms. The molecule has 104 valence electrons. The standard InChI is InChI=1S/C13H18N2O4/c1-13(2,18)8-15-12(17)9-3-5-10(6-4-9)19-7-11(14)16/h3-6,18H,7-8H2,1-2H3,(H2,14,16)(H,15,17). The molecule has 19 heavy (non-hydrogen) atoms. The van der Waals surface area contributed by atoms with Crippen LogP contribution in [0.3, 0.4) is 0 Å². The number of nitrogens with two attached hydrogens (primary N) is 1. The fourth-order valence-corrected chi connectivity index (χ4v) is 1.26. The minimum atomic E-state index is -0.958. The van der Waals surface area contributed by atoms with Gasteiger partial charge < -0.3 is 20.9 Å². The summed E-state index contributed by atoms with van der Waals surface area (Å²) in [4.78, 5) is 22.3. The van der Waals surface area contributed by atoms with Crippen LogP contribution >= 0.6 is 0 Å². The lowest BCUT2D eigenvalue weighted by atomic mass is 10.1. The van der Waals surface area contributed by atoms with E-state index < -0.39 is 11.5 Å². The van der Waals surface area contributed by atoms with Gasteiger partial charge in [0.1, 0.15) is 5.75 Å². The number of rotatable bonds is 6. The van der Waals surface area contributed by atoms with Crippen LogP contribution in [0.2, 0.25) is 0 Å². The Morgan fingerprint density at radius 1 is 1.32 bits per heavy atom. The Labute approximate surface area is 111 Å². The van der Waals surface area contributed by atoms with Gasteiger partial charge in [-0.25, -0.2) is 0 Å². The van der Waals surface area contributed by atoms with E-state index in [1.165, 1.54) is 0 Å². The Hall–Kier alpha value is -2.08. The lowest BCUT2D eigenvalue weighted by Gasteiger charge is -2.17. The van der Waals surface area contributed by atoms with E-state index in [4.69, 9.17) is 10.5 Å². The van der Waals surface area contributed by atoms with E-state index in [9.17, 15) is 14.7 Å². The highest BCUT2D eigenvalue weighted by atomic mass is 16.5. The van der Waals surface area contributed by atoms with E-state index in [2.05, 4.69) is 5.32 Å². The van der Waals surface area contributed by atoms with Crippen molar-refractivity contribution >= 4 is 11.8 Å². The van der Waals surface area contributed by atoms with Gasteiger partial charge in [-0.2, -0.15) is 0 Å². The van der Waals surface area contributed by atoms with Crippen molar-refractivity contribution in [3.63, 3.8) is 0 Å². The molecule has 0 aliphatic carbocycles. The second-order valence-electron chi connectivity index (χ2n) is 4.77. The molecule has 0 aliphatic rings. The minimum Gasteiger partial charge on any atom is -0.484 e. The van der Waals surface area contributed by atoms with Gasteiger partial charge >= 0.3 is 0 Å². The van der Waals surface area contributed by atoms with Crippen molar-refractivity contribution in [1.82, 2.24) is 5.32 Å². The Morgan fingerprint density at radius 3 is 2.37 bits per heavy atom. The molecule has 0 bridgehead atoms. The molecule has 1 aromatic carbocycles. The number of ether oxygens (including phenoxy) is 1. The highest BCUT2D eigenvalue weighted by molar-refractivity contribution is 5.94. The van der Waals surface area contributed by atoms with Crippen molar-refractivity contribution in [3.8, 4) is 5.75 Å². The predicted octanol–water partition coefficient (Wildman–Crippen LogP) is 0.0514. The van der Waals surface area contributed by atoms with E-state index in [0.29, 0.717) is 11.3 Å². The molecule has 0 fully saturated rings. The number of carbonyl (C=O) groups excluding carboxylic acids is 2. The maximum Gasteiger partial charge on any atom is 0.255 e. The van der Waals surface area contributed by atoms with Crippen LogP contribution < -0.4 is 15.8 Å². The van der Waals surface area contributed by atoms with Crippen LogP contribution in [0.1, 0.15) is 24.2 Å². The first-order valence-electron chi connectivity index (χ1n) is 5.80. The van der Waals surface area contributed by atoms with Gasteiger partial charge in [0.05, 0.1) is 5.60 Å². The monoisotopic (exact) mass is 266 g/mol. The summed E-state index contributed by atoms with van der Waals surface area (Å²) in [7, 11) is 0. The molecule has 0 heterocycles. The topological polar surface area (TPSA) is 102 Å². The molecular weight excluding hydrogens is 248 g/mol. The van der Waals surface area contributed by atoms with Crippen molar-refractivity contribution < 1.29 is 19.4 Å². The number of carbonyl (C=O) groups is 2. The Balaban J connectivity index is 2.55. The lowest BCUT2D eigenvalue weighted by molar-refractivity contribution is -0.119. The Kier molecular flexibility index (Phi) is 4.88. The predicted molar refractivity (Wildman–Crippen MR) is 69.8 cm³/mol. The molecule has 0 aliphatic heterocycles. The van der Waals surface area contributed by atoms with Crippen LogP contribution in [0.5, 0.6) is 5.75 Å². The molecule has 6 nitrogen and oxygen atoms in total. The average Bonchev–Trinajstić information content (AvgIpc) is 2.33. The zero-order valence-electron chi connectivity index (χ0n) is 11.0. The molecule has 1 aromatic rings. The summed E-state index contributed by atoms with van der Waals surface area (Å²) in [6.45, 7) is 3.16. The molecule has 0 saturated carbocycles. The maximum atomic E-state index is 11.7. The summed E-state index contributed by atoms with van der Waals surface area (Å²) in [5, 5.41) is 12.1. The Bertz CT molecular complexity index is 449. The average molecular weight is 266 g/mol. The smallest absolute Gasteiger partial charge is 0.255 e. The van der Waals surface area contributed by atoms with Gasteiger partial charge in [0, 0.05) is 12.1 Å². The van der Waals surface area contributed by atoms with Gasteiger partial charge in [0.25, 0.3) is 11.8 Å². The van der Waals surface area contributed by atoms with Crippen LogP contribution in [0.15, 0.2) is 24.3 Å². The van der Waals surface area contributed by atoms with Crippen molar-refractivity contribution in [2.45, 2.75) is 19.4 Å². The summed E-state index contributed by atoms with van der Waals surface area (Å²) in [5.41, 5.74) is 4.43. The first-order valence-corrected chi connectivity index (χ1v) is 5.80. The summed E-state index contributed by atoms with van der Waals surface area (Å²) in [5.74, 6) is -0.395. The molecule has 0 unspecified atom stereocenters. The molecule has 0 radical (unpaired) electrons. The second-order valence-corrected chi connectivity index (χ2v) is 4.77. The molecule has 0 saturated heterocycles. The highest BCUT2D eigenvalue weighted by Gasteiger charge is 2.14. The maximum absolute atomic E-state index is 11.7. The Morgan fingerprint density at radius 2 is 1.89 bits per heavy atom. The third kappa shape index (κ3) is 5.87. The van der Waals surface area contributed by atoms with Gasteiger partial charge in [-0.1, -0.05) is 0 Å². The van der Waals surface area contributed by atoms with E-state index in [0.717, 1.165) is 0 Å². The normalized spacial score (nSPS) is 10.9. The number of primary amides is 1. The number of amides is 2. The zero-order chi connectivity index (χ0) is 14.5. The summed E-state index contributed by atoms with van der Waals surface area (Å²) in [6, 6.07) is 6.27. The number of nitrogens with one attached hydrogen (secondary N) is 1. The van der Waals surface area contributed by atoms with Gasteiger partial charge in [0.15, 0.2) is 6.61 Å². The zero-order valence-corrected chi connectivity index (χ0v) is 11.0. The summed E-state index contributed by atoms with van der Waals surface area (Å²) >= 11 is 0. The van der Waals surface area contributed by atoms with Gasteiger partial charge in [-0.15, -0.1) is 0 Å². The fraction of sp³-hybridized carbons (Fsp3) is 0.385. The van der Waals surface area contributed by atoms with E-state index in [1.54, 1.807) is 38.1 Å². The summed E-state index contributed by atoms with van der Waals surface area (Å²) < 4.78 is 5.07. The first-order chi connectivity index (χ1) is 8.78. The number of aliphatic hydroxyl groups is 1. The molecule has 0 atom stereocenters. The third-order valence-electron chi connectivity index (χ3n) is 2.18. The van der Waals surface area contributed by atoms with E-state index >= 15 is 0 Å². The van der Waals surface area contributed by atoms with Gasteiger partial charge in [0.2, 0.25) is 0 Å². The number of benzene rings is 1. The SMILES string of the molecule is CC(C)(O)CNC(=O)c1ccc(OCC(N)=O)cc1. The van der Waals surface area contributed by atoms with Crippen LogP contribution in [0.4, 0.5) is 0 Å². The molecule has 2 amide bonds. The quantitative estimate of drug-likeness (QED) is 0.677. The highest BCUT2D eigenvalue weighted by Crippen LogP contribution is 2.12. The first kappa shape index (κ1) is 15.0. The number of hydrogen-bond acceptors (Lipinski definition) is 4. The van der Waals surface area contributed by atoms with Crippen LogP contribution in [-0.4, -0.2) is 35.7 Å². The minimum absolute atomic E-state index is 0.158. The molecule has 0 spiro atoms. The van der Waals surface area contributed by atoms with Gasteiger partial charge in [-0.05, 0) is 38.1 Å². The van der Waals surface area contributed by atoms with Crippen LogP contribution in [0.25, 0.3) is 0 Å². The van der Waals surface area contributed by atoms with Crippen molar-refractivity contribution in [2.24, 2.45) is 5.73 Å². The van der Waals surface area contributed by atoms with E-state index in [1.807, 2.05) is 0 Å².